The molecule has 7 heteroatoms. The summed E-state index contributed by atoms with van der Waals surface area (Å²) in [5, 5.41) is -0.219. The van der Waals surface area contributed by atoms with Crippen LogP contribution in [-0.2, 0) is 9.84 Å². The van der Waals surface area contributed by atoms with Crippen LogP contribution in [-0.4, -0.2) is 30.7 Å². The van der Waals surface area contributed by atoms with Crippen LogP contribution in [0.3, 0.4) is 0 Å². The van der Waals surface area contributed by atoms with Crippen LogP contribution in [0.4, 0.5) is 0 Å². The molecule has 0 atom stereocenters. The van der Waals surface area contributed by atoms with Crippen LogP contribution in [0.2, 0.25) is 0 Å². The molecule has 0 aliphatic rings. The molecule has 1 heterocycles. The van der Waals surface area contributed by atoms with Crippen LogP contribution in [0.25, 0.3) is 0 Å². The lowest BCUT2D eigenvalue weighted by atomic mass is 10.4. The molecule has 1 aromatic rings. The molecule has 0 saturated heterocycles. The summed E-state index contributed by atoms with van der Waals surface area (Å²) < 4.78 is 28.7. The van der Waals surface area contributed by atoms with Gasteiger partial charge in [-0.3, -0.25) is 0 Å². The first-order chi connectivity index (χ1) is 7.21. The van der Waals surface area contributed by atoms with Gasteiger partial charge in [-0.2, -0.15) is 4.98 Å². The average Bonchev–Trinajstić information content (AvgIpc) is 2.10. The lowest BCUT2D eigenvalue weighted by Crippen LogP contribution is -2.12. The monoisotopic (exact) mass is 308 g/mol. The zero-order valence-electron chi connectivity index (χ0n) is 9.48. The molecule has 16 heavy (non-hydrogen) atoms. The maximum absolute atomic E-state index is 11.3. The number of halogens is 1. The van der Waals surface area contributed by atoms with Crippen LogP contribution in [0.5, 0.6) is 5.88 Å². The Morgan fingerprint density at radius 2 is 1.88 bits per heavy atom. The maximum atomic E-state index is 11.3. The van der Waals surface area contributed by atoms with E-state index < -0.39 is 9.84 Å². The number of hydrogen-bond acceptors (Lipinski definition) is 5. The van der Waals surface area contributed by atoms with Crippen LogP contribution in [0.15, 0.2) is 9.63 Å². The quantitative estimate of drug-likeness (QED) is 0.796. The molecule has 0 aliphatic heterocycles. The SMILES string of the molecule is Cc1nc(S(C)(=O)=O)nc(OC(C)C)c1Br. The number of ether oxygens (including phenoxy) is 1. The molecule has 0 saturated carbocycles. The van der Waals surface area contributed by atoms with E-state index in [9.17, 15) is 8.42 Å². The topological polar surface area (TPSA) is 69.2 Å². The third kappa shape index (κ3) is 3.15. The normalized spacial score (nSPS) is 11.9. The van der Waals surface area contributed by atoms with Crippen molar-refractivity contribution in [3.63, 3.8) is 0 Å². The van der Waals surface area contributed by atoms with Crippen LogP contribution >= 0.6 is 15.9 Å². The fourth-order valence-electron chi connectivity index (χ4n) is 0.975. The van der Waals surface area contributed by atoms with Crippen molar-refractivity contribution >= 4 is 25.8 Å². The van der Waals surface area contributed by atoms with Gasteiger partial charge < -0.3 is 4.74 Å². The van der Waals surface area contributed by atoms with Gasteiger partial charge >= 0.3 is 0 Å². The molecular formula is C9H13BrN2O3S. The van der Waals surface area contributed by atoms with E-state index in [1.165, 1.54) is 0 Å². The smallest absolute Gasteiger partial charge is 0.250 e. The Balaban J connectivity index is 3.33. The van der Waals surface area contributed by atoms with Gasteiger partial charge in [0, 0.05) is 6.26 Å². The van der Waals surface area contributed by atoms with Gasteiger partial charge in [0.1, 0.15) is 4.47 Å². The van der Waals surface area contributed by atoms with Gasteiger partial charge in [0.25, 0.3) is 0 Å². The minimum Gasteiger partial charge on any atom is -0.474 e. The van der Waals surface area contributed by atoms with E-state index in [1.807, 2.05) is 13.8 Å². The minimum atomic E-state index is -3.42. The summed E-state index contributed by atoms with van der Waals surface area (Å²) in [6.07, 6.45) is 0.979. The lowest BCUT2D eigenvalue weighted by Gasteiger charge is -2.12. The van der Waals surface area contributed by atoms with Gasteiger partial charge in [0.2, 0.25) is 20.9 Å². The van der Waals surface area contributed by atoms with Crippen molar-refractivity contribution in [1.82, 2.24) is 9.97 Å². The highest BCUT2D eigenvalue weighted by atomic mass is 79.9. The zero-order valence-corrected chi connectivity index (χ0v) is 11.9. The predicted octanol–water partition coefficient (Wildman–Crippen LogP) is 1.74. The van der Waals surface area contributed by atoms with E-state index in [0.29, 0.717) is 10.2 Å². The van der Waals surface area contributed by atoms with Crippen molar-refractivity contribution in [1.29, 1.82) is 0 Å². The Hall–Kier alpha value is -0.690. The molecule has 0 bridgehead atoms. The Bertz CT molecular complexity index is 500. The predicted molar refractivity (Wildman–Crippen MR) is 63.3 cm³/mol. The van der Waals surface area contributed by atoms with Gasteiger partial charge in [-0.1, -0.05) is 0 Å². The summed E-state index contributed by atoms with van der Waals surface area (Å²) in [6, 6.07) is 0. The second-order valence-corrected chi connectivity index (χ2v) is 6.35. The highest BCUT2D eigenvalue weighted by Crippen LogP contribution is 2.27. The second kappa shape index (κ2) is 4.67. The second-order valence-electron chi connectivity index (χ2n) is 3.65. The van der Waals surface area contributed by atoms with E-state index >= 15 is 0 Å². The largest absolute Gasteiger partial charge is 0.474 e. The van der Waals surface area contributed by atoms with Crippen molar-refractivity contribution < 1.29 is 13.2 Å². The zero-order chi connectivity index (χ0) is 12.5. The summed E-state index contributed by atoms with van der Waals surface area (Å²) >= 11 is 3.26. The number of aryl methyl sites for hydroxylation is 1. The molecule has 1 rings (SSSR count). The molecule has 0 aliphatic carbocycles. The highest BCUT2D eigenvalue weighted by Gasteiger charge is 2.18. The van der Waals surface area contributed by atoms with E-state index in [-0.39, 0.29) is 17.1 Å². The van der Waals surface area contributed by atoms with Crippen molar-refractivity contribution in [2.45, 2.75) is 32.0 Å². The molecule has 0 radical (unpaired) electrons. The molecule has 1 aromatic heterocycles. The van der Waals surface area contributed by atoms with E-state index in [2.05, 4.69) is 25.9 Å². The Morgan fingerprint density at radius 3 is 2.31 bits per heavy atom. The molecule has 0 amide bonds. The van der Waals surface area contributed by atoms with Gasteiger partial charge in [0.15, 0.2) is 0 Å². The van der Waals surface area contributed by atoms with Crippen molar-refractivity contribution in [3.05, 3.63) is 10.2 Å². The Morgan fingerprint density at radius 1 is 1.31 bits per heavy atom. The summed E-state index contributed by atoms with van der Waals surface area (Å²) in [7, 11) is -3.42. The lowest BCUT2D eigenvalue weighted by molar-refractivity contribution is 0.228. The van der Waals surface area contributed by atoms with Crippen LogP contribution < -0.4 is 4.74 Å². The molecule has 0 spiro atoms. The highest BCUT2D eigenvalue weighted by molar-refractivity contribution is 9.10. The van der Waals surface area contributed by atoms with E-state index in [1.54, 1.807) is 6.92 Å². The third-order valence-corrected chi connectivity index (χ3v) is 3.40. The van der Waals surface area contributed by atoms with Crippen molar-refractivity contribution in [2.75, 3.05) is 6.26 Å². The van der Waals surface area contributed by atoms with E-state index in [4.69, 9.17) is 4.74 Å². The molecule has 90 valence electrons. The maximum Gasteiger partial charge on any atom is 0.250 e. The fourth-order valence-corrected chi connectivity index (χ4v) is 1.80. The molecule has 5 nitrogen and oxygen atoms in total. The van der Waals surface area contributed by atoms with Gasteiger partial charge in [0.05, 0.1) is 11.8 Å². The number of hydrogen-bond donors (Lipinski definition) is 0. The Labute approximate surface area is 103 Å². The molecule has 0 unspecified atom stereocenters. The van der Waals surface area contributed by atoms with Crippen LogP contribution in [0, 0.1) is 6.92 Å². The van der Waals surface area contributed by atoms with Crippen molar-refractivity contribution in [3.8, 4) is 5.88 Å². The van der Waals surface area contributed by atoms with Gasteiger partial charge in [-0.05, 0) is 36.7 Å². The summed E-state index contributed by atoms with van der Waals surface area (Å²) in [5.41, 5.74) is 0.533. The van der Waals surface area contributed by atoms with E-state index in [0.717, 1.165) is 6.26 Å². The fraction of sp³-hybridized carbons (Fsp3) is 0.556. The summed E-state index contributed by atoms with van der Waals surface area (Å²) in [6.45, 7) is 5.36. The molecular weight excluding hydrogens is 296 g/mol. The number of aromatic nitrogens is 2. The summed E-state index contributed by atoms with van der Waals surface area (Å²) in [5.74, 6) is 0.253. The van der Waals surface area contributed by atoms with Gasteiger partial charge in [-0.15, -0.1) is 0 Å². The number of rotatable bonds is 3. The minimum absolute atomic E-state index is 0.0852. The molecule has 0 fully saturated rings. The molecule has 0 N–H and O–H groups in total. The van der Waals surface area contributed by atoms with Gasteiger partial charge in [-0.25, -0.2) is 13.4 Å². The standard InChI is InChI=1S/C9H13BrN2O3S/c1-5(2)15-8-7(10)6(3)11-9(12-8)16(4,13)14/h5H,1-4H3. The first-order valence-corrected chi connectivity index (χ1v) is 7.31. The van der Waals surface area contributed by atoms with Crippen molar-refractivity contribution in [2.24, 2.45) is 0 Å². The summed E-state index contributed by atoms with van der Waals surface area (Å²) in [4.78, 5) is 7.76. The number of nitrogens with zero attached hydrogens (tertiary/aromatic N) is 2. The first kappa shape index (κ1) is 13.4. The molecule has 0 aromatic carbocycles. The first-order valence-electron chi connectivity index (χ1n) is 4.62. The third-order valence-electron chi connectivity index (χ3n) is 1.64. The number of sulfone groups is 1. The van der Waals surface area contributed by atoms with Crippen LogP contribution in [0.1, 0.15) is 19.5 Å². The average molecular weight is 309 g/mol. The Kier molecular flexibility index (Phi) is 3.90.